The second-order valence-corrected chi connectivity index (χ2v) is 19.0. The molecule has 0 fully saturated rings. The minimum atomic E-state index is -1.31. The van der Waals surface area contributed by atoms with Crippen LogP contribution in [0.2, 0.25) is 18.1 Å². The summed E-state index contributed by atoms with van der Waals surface area (Å²) in [5, 5.41) is 0. The largest absolute Gasteiger partial charge is 0.493 e. The van der Waals surface area contributed by atoms with Crippen LogP contribution >= 0.6 is 0 Å². The molecule has 2 aromatic rings. The lowest BCUT2D eigenvalue weighted by Crippen LogP contribution is -2.34. The molecular formula is C41H64N2Si. The molecule has 44 heavy (non-hydrogen) atoms. The van der Waals surface area contributed by atoms with E-state index in [1.54, 1.807) is 4.70 Å². The first-order valence-electron chi connectivity index (χ1n) is 18.6. The maximum absolute atomic E-state index is 12.2. The fraction of sp³-hybridized carbons (Fsp3) is 0.610. The molecule has 0 saturated heterocycles. The van der Waals surface area contributed by atoms with Crippen molar-refractivity contribution in [2.45, 2.75) is 162 Å². The second-order valence-electron chi connectivity index (χ2n) is 13.5. The van der Waals surface area contributed by atoms with Crippen LogP contribution in [0, 0.1) is 0 Å². The van der Waals surface area contributed by atoms with Crippen LogP contribution in [0.3, 0.4) is 0 Å². The molecule has 0 unspecified atom stereocenters. The molecule has 3 heteroatoms. The third-order valence-corrected chi connectivity index (χ3v) is 16.1. The molecule has 242 valence electrons. The Hall–Kier alpha value is -2.26. The van der Waals surface area contributed by atoms with Gasteiger partial charge < -0.3 is 5.53 Å². The van der Waals surface area contributed by atoms with Crippen LogP contribution in [0.4, 0.5) is 0 Å². The van der Waals surface area contributed by atoms with E-state index in [4.69, 9.17) is 0 Å². The molecule has 3 rings (SSSR count). The van der Waals surface area contributed by atoms with Crippen molar-refractivity contribution in [1.82, 2.24) is 0 Å². The van der Waals surface area contributed by atoms with E-state index in [-0.39, 0.29) is 0 Å². The molecule has 0 aliphatic carbocycles. The van der Waals surface area contributed by atoms with Crippen LogP contribution in [0.5, 0.6) is 0 Å². The predicted molar refractivity (Wildman–Crippen MR) is 197 cm³/mol. The van der Waals surface area contributed by atoms with Gasteiger partial charge in [-0.15, -0.1) is 0 Å². The summed E-state index contributed by atoms with van der Waals surface area (Å²) in [6, 6.07) is 23.6. The number of aryl methyl sites for hydroxylation is 1. The smallest absolute Gasteiger partial charge is 0.211 e. The third kappa shape index (κ3) is 9.87. The number of allylic oxidation sites excluding steroid dienone is 2. The number of rotatable bonds is 22. The van der Waals surface area contributed by atoms with Gasteiger partial charge in [0.2, 0.25) is 11.4 Å². The number of hydrogen-bond donors (Lipinski definition) is 0. The molecule has 0 radical (unpaired) electrons. The number of unbranched alkanes of at least 4 members (excludes halogenated alkanes) is 9. The number of hydrogen-bond acceptors (Lipinski definition) is 0. The van der Waals surface area contributed by atoms with Crippen molar-refractivity contribution >= 4 is 19.5 Å². The molecule has 2 nitrogen and oxygen atoms in total. The number of benzene rings is 2. The summed E-state index contributed by atoms with van der Waals surface area (Å²) >= 11 is 0. The van der Waals surface area contributed by atoms with Gasteiger partial charge in [0, 0.05) is 22.3 Å². The van der Waals surface area contributed by atoms with Crippen LogP contribution in [-0.2, 0) is 12.5 Å². The van der Waals surface area contributed by atoms with Crippen LogP contribution < -0.4 is 0 Å². The third-order valence-electron chi connectivity index (χ3n) is 10.5. The summed E-state index contributed by atoms with van der Waals surface area (Å²) in [4.78, 5) is 0. The van der Waals surface area contributed by atoms with E-state index in [1.807, 2.05) is 0 Å². The Kier molecular flexibility index (Phi) is 15.9. The summed E-state index contributed by atoms with van der Waals surface area (Å²) in [6.07, 6.45) is 18.3. The highest BCUT2D eigenvalue weighted by Gasteiger charge is 2.35. The first kappa shape index (κ1) is 36.2. The van der Waals surface area contributed by atoms with Crippen LogP contribution in [0.15, 0.2) is 59.7 Å². The van der Waals surface area contributed by atoms with Gasteiger partial charge >= 0.3 is 0 Å². The van der Waals surface area contributed by atoms with Crippen molar-refractivity contribution in [1.29, 1.82) is 0 Å². The molecule has 0 N–H and O–H groups in total. The van der Waals surface area contributed by atoms with E-state index in [0.29, 0.717) is 0 Å². The zero-order chi connectivity index (χ0) is 31.8. The lowest BCUT2D eigenvalue weighted by molar-refractivity contribution is -0.345. The van der Waals surface area contributed by atoms with E-state index in [9.17, 15) is 5.53 Å². The zero-order valence-electron chi connectivity index (χ0n) is 29.4. The maximum Gasteiger partial charge on any atom is 0.211 e. The molecule has 1 aliphatic rings. The molecule has 0 amide bonds. The van der Waals surface area contributed by atoms with Crippen LogP contribution in [0.1, 0.15) is 154 Å². The summed E-state index contributed by atoms with van der Waals surface area (Å²) in [7, 11) is -1.31. The average molecular weight is 613 g/mol. The topological polar surface area (TPSA) is 25.3 Å². The van der Waals surface area contributed by atoms with E-state index < -0.39 is 8.07 Å². The molecule has 1 heterocycles. The quantitative estimate of drug-likeness (QED) is 0.0718. The minimum absolute atomic E-state index is 1.02. The van der Waals surface area contributed by atoms with Crippen LogP contribution in [-0.4, -0.2) is 12.8 Å². The highest BCUT2D eigenvalue weighted by molar-refractivity contribution is 6.79. The van der Waals surface area contributed by atoms with Crippen molar-refractivity contribution in [2.24, 2.45) is 0 Å². The van der Waals surface area contributed by atoms with Gasteiger partial charge in [0.1, 0.15) is 0 Å². The molecule has 0 aromatic heterocycles. The van der Waals surface area contributed by atoms with Gasteiger partial charge in [-0.2, -0.15) is 0 Å². The highest BCUT2D eigenvalue weighted by Crippen LogP contribution is 2.45. The lowest BCUT2D eigenvalue weighted by Gasteiger charge is -2.28. The van der Waals surface area contributed by atoms with Gasteiger partial charge in [-0.25, -0.2) is 4.70 Å². The molecule has 1 aliphatic heterocycles. The Bertz CT molecular complexity index is 1220. The van der Waals surface area contributed by atoms with Crippen molar-refractivity contribution in [3.8, 4) is 0 Å². The summed E-state index contributed by atoms with van der Waals surface area (Å²) in [5.74, 6) is 0. The first-order chi connectivity index (χ1) is 21.5. The van der Waals surface area contributed by atoms with E-state index >= 15 is 0 Å². The van der Waals surface area contributed by atoms with Crippen molar-refractivity contribution < 1.29 is 4.70 Å². The van der Waals surface area contributed by atoms with Crippen molar-refractivity contribution in [3.05, 3.63) is 87.5 Å². The second kappa shape index (κ2) is 19.3. The Morgan fingerprint density at radius 2 is 0.977 bits per heavy atom. The highest BCUT2D eigenvalue weighted by atomic mass is 28.3. The Labute approximate surface area is 273 Å². The minimum Gasteiger partial charge on any atom is -0.493 e. The molecule has 0 spiro atoms. The van der Waals surface area contributed by atoms with Gasteiger partial charge in [0.15, 0.2) is 0 Å². The fourth-order valence-corrected chi connectivity index (χ4v) is 10.6. The summed E-state index contributed by atoms with van der Waals surface area (Å²) < 4.78 is 1.61. The Balaban J connectivity index is 2.04. The maximum atomic E-state index is 12.2. The van der Waals surface area contributed by atoms with Gasteiger partial charge in [0.05, 0.1) is 8.07 Å². The van der Waals surface area contributed by atoms with E-state index in [0.717, 1.165) is 43.5 Å². The molecular weight excluding hydrogens is 549 g/mol. The van der Waals surface area contributed by atoms with Crippen LogP contribution in [0.25, 0.3) is 16.9 Å². The lowest BCUT2D eigenvalue weighted by atomic mass is 9.91. The Morgan fingerprint density at radius 1 is 0.523 bits per heavy atom. The number of nitrogens with zero attached hydrogens (tertiary/aromatic N) is 2. The predicted octanol–water partition coefficient (Wildman–Crippen LogP) is 13.5. The zero-order valence-corrected chi connectivity index (χ0v) is 30.4. The molecule has 2 aromatic carbocycles. The van der Waals surface area contributed by atoms with Crippen molar-refractivity contribution in [2.75, 3.05) is 0 Å². The fourth-order valence-electron chi connectivity index (χ4n) is 7.24. The summed E-state index contributed by atoms with van der Waals surface area (Å²) in [6.45, 7) is 14.1. The monoisotopic (exact) mass is 612 g/mol. The normalized spacial score (nSPS) is 13.9. The molecule has 0 bridgehead atoms. The first-order valence-corrected chi connectivity index (χ1v) is 21.4. The summed E-state index contributed by atoms with van der Waals surface area (Å²) in [5.41, 5.74) is 22.3. The van der Waals surface area contributed by atoms with E-state index in [2.05, 4.69) is 90.1 Å². The van der Waals surface area contributed by atoms with Gasteiger partial charge in [-0.05, 0) is 80.0 Å². The SMILES string of the molecule is CCCCCCCCC1=C(c2cccc(CCCCCC)c2)[N+](=[N-])C(c2cccc(C[Si](CC)(CC)CC)c2)=C1CCCC. The van der Waals surface area contributed by atoms with Gasteiger partial charge in [-0.3, -0.25) is 0 Å². The van der Waals surface area contributed by atoms with Crippen molar-refractivity contribution in [3.63, 3.8) is 0 Å². The van der Waals surface area contributed by atoms with Gasteiger partial charge in [-0.1, -0.05) is 142 Å². The standard InChI is InChI=1S/C41H64N2Si/c1-7-13-16-18-19-21-30-39-38(29-15-9-3)41(37-28-23-26-35(32-37)33-44(10-4,11-5)12-6)43(42)40(39)36-27-22-25-34(31-36)24-20-17-14-8-2/h22-23,25-28,31-32H,7-21,24,29-30,33H2,1-6H3. The Morgan fingerprint density at radius 3 is 1.55 bits per heavy atom. The van der Waals surface area contributed by atoms with E-state index in [1.165, 1.54) is 122 Å². The average Bonchev–Trinajstić information content (AvgIpc) is 3.33. The molecule has 0 atom stereocenters. The molecule has 0 saturated carbocycles. The van der Waals surface area contributed by atoms with Gasteiger partial charge in [0.25, 0.3) is 0 Å².